The van der Waals surface area contributed by atoms with E-state index in [9.17, 15) is 4.79 Å². The zero-order valence-electron chi connectivity index (χ0n) is 12.2. The molecule has 2 aromatic rings. The maximum Gasteiger partial charge on any atom is 0.222 e. The van der Waals surface area contributed by atoms with Gasteiger partial charge in [0, 0.05) is 26.1 Å². The van der Waals surface area contributed by atoms with Gasteiger partial charge in [0.1, 0.15) is 5.76 Å². The summed E-state index contributed by atoms with van der Waals surface area (Å²) in [4.78, 5) is 13.4. The van der Waals surface area contributed by atoms with Crippen LogP contribution in [0.3, 0.4) is 0 Å². The highest BCUT2D eigenvalue weighted by Gasteiger charge is 2.26. The number of nitrogens with one attached hydrogen (secondary N) is 1. The summed E-state index contributed by atoms with van der Waals surface area (Å²) in [5.41, 5.74) is 1.17. The Morgan fingerprint density at radius 1 is 1.24 bits per heavy atom. The van der Waals surface area contributed by atoms with Gasteiger partial charge in [0.2, 0.25) is 5.91 Å². The highest BCUT2D eigenvalue weighted by molar-refractivity contribution is 5.76. The summed E-state index contributed by atoms with van der Waals surface area (Å²) >= 11 is 0. The first-order valence-corrected chi connectivity index (χ1v) is 7.32. The lowest BCUT2D eigenvalue weighted by atomic mass is 10.00. The summed E-state index contributed by atoms with van der Waals surface area (Å²) in [7, 11) is 1.86. The molecule has 0 radical (unpaired) electrons. The summed E-state index contributed by atoms with van der Waals surface area (Å²) < 4.78 is 5.60. The summed E-state index contributed by atoms with van der Waals surface area (Å²) in [5, 5.41) is 3.64. The quantitative estimate of drug-likeness (QED) is 0.938. The van der Waals surface area contributed by atoms with E-state index in [1.165, 1.54) is 5.56 Å². The fourth-order valence-corrected chi connectivity index (χ4v) is 2.83. The number of piperidine rings is 1. The minimum Gasteiger partial charge on any atom is -0.467 e. The Labute approximate surface area is 124 Å². The molecule has 3 rings (SSSR count). The molecule has 1 amide bonds. The normalized spacial score (nSPS) is 20.5. The van der Waals surface area contributed by atoms with E-state index in [-0.39, 0.29) is 18.0 Å². The van der Waals surface area contributed by atoms with E-state index in [0.29, 0.717) is 6.42 Å². The molecule has 0 saturated carbocycles. The molecule has 1 aliphatic heterocycles. The predicted octanol–water partition coefficient (Wildman–Crippen LogP) is 2.58. The third-order valence-corrected chi connectivity index (χ3v) is 3.99. The molecule has 0 bridgehead atoms. The van der Waals surface area contributed by atoms with Gasteiger partial charge in [-0.15, -0.1) is 0 Å². The first-order valence-electron chi connectivity index (χ1n) is 7.32. The molecule has 21 heavy (non-hydrogen) atoms. The summed E-state index contributed by atoms with van der Waals surface area (Å²) in [6.07, 6.45) is 3.17. The average Bonchev–Trinajstić information content (AvgIpc) is 3.03. The van der Waals surface area contributed by atoms with Crippen LogP contribution in [0, 0.1) is 0 Å². The smallest absolute Gasteiger partial charge is 0.222 e. The van der Waals surface area contributed by atoms with Crippen molar-refractivity contribution in [2.45, 2.75) is 24.9 Å². The number of nitrogens with zero attached hydrogens (tertiary/aromatic N) is 1. The average molecular weight is 284 g/mol. The lowest BCUT2D eigenvalue weighted by molar-refractivity contribution is -0.132. The maximum atomic E-state index is 11.6. The van der Waals surface area contributed by atoms with Gasteiger partial charge in [-0.1, -0.05) is 30.3 Å². The number of furan rings is 1. The molecule has 0 aliphatic carbocycles. The Kier molecular flexibility index (Phi) is 4.06. The van der Waals surface area contributed by atoms with E-state index >= 15 is 0 Å². The van der Waals surface area contributed by atoms with Crippen LogP contribution in [0.25, 0.3) is 0 Å². The van der Waals surface area contributed by atoms with Gasteiger partial charge in [-0.2, -0.15) is 0 Å². The number of hydrogen-bond donors (Lipinski definition) is 1. The van der Waals surface area contributed by atoms with E-state index in [0.717, 1.165) is 18.7 Å². The van der Waals surface area contributed by atoms with Crippen molar-refractivity contribution < 1.29 is 9.21 Å². The second-order valence-corrected chi connectivity index (χ2v) is 5.54. The van der Waals surface area contributed by atoms with Crippen LogP contribution in [0.2, 0.25) is 0 Å². The topological polar surface area (TPSA) is 45.5 Å². The molecule has 1 N–H and O–H groups in total. The standard InChI is InChI=1S/C17H20N2O2/c1-19-12-14(9-10-16(19)20)18-17(15-8-5-11-21-15)13-6-3-2-4-7-13/h2-8,11,14,17-18H,9-10,12H2,1H3. The van der Waals surface area contributed by atoms with Crippen molar-refractivity contribution in [3.05, 3.63) is 60.1 Å². The first kappa shape index (κ1) is 13.9. The zero-order chi connectivity index (χ0) is 14.7. The van der Waals surface area contributed by atoms with Gasteiger partial charge < -0.3 is 9.32 Å². The van der Waals surface area contributed by atoms with Gasteiger partial charge in [-0.05, 0) is 24.1 Å². The molecule has 2 atom stereocenters. The molecule has 4 heteroatoms. The van der Waals surface area contributed by atoms with E-state index in [1.807, 2.05) is 37.4 Å². The summed E-state index contributed by atoms with van der Waals surface area (Å²) in [6.45, 7) is 0.739. The van der Waals surface area contributed by atoms with Crippen LogP contribution < -0.4 is 5.32 Å². The molecule has 2 unspecified atom stereocenters. The van der Waals surface area contributed by atoms with Crippen molar-refractivity contribution in [2.75, 3.05) is 13.6 Å². The molecule has 4 nitrogen and oxygen atoms in total. The van der Waals surface area contributed by atoms with Crippen molar-refractivity contribution in [1.29, 1.82) is 0 Å². The molecule has 0 spiro atoms. The van der Waals surface area contributed by atoms with Crippen LogP contribution in [0.1, 0.15) is 30.2 Å². The number of rotatable bonds is 4. The van der Waals surface area contributed by atoms with E-state index in [4.69, 9.17) is 4.42 Å². The SMILES string of the molecule is CN1CC(NC(c2ccccc2)c2ccco2)CCC1=O. The van der Waals surface area contributed by atoms with Crippen LogP contribution in [0.5, 0.6) is 0 Å². The number of carbonyl (C=O) groups excluding carboxylic acids is 1. The number of benzene rings is 1. The lowest BCUT2D eigenvalue weighted by Crippen LogP contribution is -2.47. The molecule has 1 saturated heterocycles. The maximum absolute atomic E-state index is 11.6. The van der Waals surface area contributed by atoms with Gasteiger partial charge in [-0.25, -0.2) is 0 Å². The third kappa shape index (κ3) is 3.16. The molecule has 1 fully saturated rings. The molecule has 1 aliphatic rings. The van der Waals surface area contributed by atoms with Crippen molar-refractivity contribution in [3.8, 4) is 0 Å². The lowest BCUT2D eigenvalue weighted by Gasteiger charge is -2.32. The second kappa shape index (κ2) is 6.14. The second-order valence-electron chi connectivity index (χ2n) is 5.54. The predicted molar refractivity (Wildman–Crippen MR) is 80.8 cm³/mol. The van der Waals surface area contributed by atoms with E-state index in [2.05, 4.69) is 17.4 Å². The molecule has 2 heterocycles. The Hall–Kier alpha value is -2.07. The number of amides is 1. The number of carbonyl (C=O) groups is 1. The minimum atomic E-state index is 0.0211. The van der Waals surface area contributed by atoms with Crippen molar-refractivity contribution in [1.82, 2.24) is 10.2 Å². The highest BCUT2D eigenvalue weighted by Crippen LogP contribution is 2.24. The van der Waals surface area contributed by atoms with Crippen LogP contribution in [-0.4, -0.2) is 30.4 Å². The largest absolute Gasteiger partial charge is 0.467 e. The van der Waals surface area contributed by atoms with Crippen LogP contribution >= 0.6 is 0 Å². The van der Waals surface area contributed by atoms with Crippen LogP contribution in [-0.2, 0) is 4.79 Å². The highest BCUT2D eigenvalue weighted by atomic mass is 16.3. The number of hydrogen-bond acceptors (Lipinski definition) is 3. The summed E-state index contributed by atoms with van der Waals surface area (Å²) in [6, 6.07) is 14.5. The monoisotopic (exact) mass is 284 g/mol. The fraction of sp³-hybridized carbons (Fsp3) is 0.353. The Bertz CT molecular complexity index is 580. The van der Waals surface area contributed by atoms with Gasteiger partial charge in [-0.3, -0.25) is 10.1 Å². The Balaban J connectivity index is 1.79. The van der Waals surface area contributed by atoms with Gasteiger partial charge in [0.15, 0.2) is 0 Å². The zero-order valence-corrected chi connectivity index (χ0v) is 12.2. The molecule has 110 valence electrons. The molecular formula is C17H20N2O2. The Morgan fingerprint density at radius 3 is 2.71 bits per heavy atom. The molecular weight excluding hydrogens is 264 g/mol. The van der Waals surface area contributed by atoms with Gasteiger partial charge in [0.05, 0.1) is 12.3 Å². The van der Waals surface area contributed by atoms with Crippen LogP contribution in [0.15, 0.2) is 53.1 Å². The first-order chi connectivity index (χ1) is 10.2. The van der Waals surface area contributed by atoms with Crippen molar-refractivity contribution in [3.63, 3.8) is 0 Å². The number of likely N-dealkylation sites (tertiary alicyclic amines) is 1. The fourth-order valence-electron chi connectivity index (χ4n) is 2.83. The van der Waals surface area contributed by atoms with E-state index < -0.39 is 0 Å². The summed E-state index contributed by atoms with van der Waals surface area (Å²) in [5.74, 6) is 1.13. The van der Waals surface area contributed by atoms with Crippen LogP contribution in [0.4, 0.5) is 0 Å². The van der Waals surface area contributed by atoms with E-state index in [1.54, 1.807) is 11.2 Å². The van der Waals surface area contributed by atoms with Crippen molar-refractivity contribution in [2.24, 2.45) is 0 Å². The Morgan fingerprint density at radius 2 is 2.05 bits per heavy atom. The van der Waals surface area contributed by atoms with Gasteiger partial charge >= 0.3 is 0 Å². The number of likely N-dealkylation sites (N-methyl/N-ethyl adjacent to an activating group) is 1. The van der Waals surface area contributed by atoms with Crippen molar-refractivity contribution >= 4 is 5.91 Å². The third-order valence-electron chi connectivity index (χ3n) is 3.99. The molecule has 1 aromatic heterocycles. The molecule has 1 aromatic carbocycles. The van der Waals surface area contributed by atoms with Gasteiger partial charge in [0.25, 0.3) is 0 Å². The minimum absolute atomic E-state index is 0.0211.